The van der Waals surface area contributed by atoms with E-state index in [4.69, 9.17) is 4.74 Å². The largest absolute Gasteiger partial charge is 0.459 e. The summed E-state index contributed by atoms with van der Waals surface area (Å²) in [6.07, 6.45) is 4.98. The summed E-state index contributed by atoms with van der Waals surface area (Å²) in [5, 5.41) is 0. The number of allylic oxidation sites excluding steroid dienone is 1. The van der Waals surface area contributed by atoms with Gasteiger partial charge in [0.05, 0.1) is 0 Å². The summed E-state index contributed by atoms with van der Waals surface area (Å²) in [5.41, 5.74) is 0.116. The summed E-state index contributed by atoms with van der Waals surface area (Å²) >= 11 is 0. The molecule has 0 atom stereocenters. The third-order valence-corrected chi connectivity index (χ3v) is 3.86. The lowest BCUT2D eigenvalue weighted by Crippen LogP contribution is -2.60. The molecule has 0 saturated carbocycles. The number of likely N-dealkylation sites (tertiary alicyclic amines) is 1. The zero-order valence-corrected chi connectivity index (χ0v) is 11.9. The maximum atomic E-state index is 11.5. The average molecular weight is 271 g/mol. The van der Waals surface area contributed by atoms with E-state index in [0.29, 0.717) is 0 Å². The van der Waals surface area contributed by atoms with Crippen LogP contribution in [0.2, 0.25) is 0 Å². The first-order valence-corrected chi connectivity index (χ1v) is 6.26. The number of rotatable bonds is 2. The van der Waals surface area contributed by atoms with Gasteiger partial charge in [0.15, 0.2) is 0 Å². The Bertz CT molecular complexity index is 301. The number of carbonyl (C=O) groups is 1. The fourth-order valence-corrected chi connectivity index (χ4v) is 2.70. The third-order valence-electron chi connectivity index (χ3n) is 3.86. The van der Waals surface area contributed by atoms with E-state index in [-0.39, 0.29) is 38.0 Å². The molecule has 1 fully saturated rings. The predicted octanol–water partition coefficient (Wildman–Crippen LogP) is 4.03. The number of ether oxygens (including phenoxy) is 1. The highest BCUT2D eigenvalue weighted by Crippen LogP contribution is 2.38. The van der Waals surface area contributed by atoms with Gasteiger partial charge in [0.2, 0.25) is 0 Å². The van der Waals surface area contributed by atoms with Gasteiger partial charge in [0, 0.05) is 30.0 Å². The molecule has 0 aromatic rings. The quantitative estimate of drug-likeness (QED) is 0.561. The van der Waals surface area contributed by atoms with Crippen molar-refractivity contribution in [1.82, 2.24) is 4.90 Å². The highest BCUT2D eigenvalue weighted by atomic mass is 16.5. The first kappa shape index (κ1) is 20.5. The number of piperidine rings is 1. The van der Waals surface area contributed by atoms with E-state index in [1.165, 1.54) is 6.08 Å². The number of nitrogens with zero attached hydrogens (tertiary/aromatic N) is 1. The van der Waals surface area contributed by atoms with E-state index in [9.17, 15) is 4.79 Å². The molecule has 114 valence electrons. The minimum Gasteiger partial charge on any atom is -0.459 e. The number of hydrogen-bond acceptors (Lipinski definition) is 3. The Hall–Kier alpha value is -0.830. The van der Waals surface area contributed by atoms with Crippen molar-refractivity contribution in [2.24, 2.45) is 0 Å². The minimum absolute atomic E-state index is 0. The lowest BCUT2D eigenvalue weighted by molar-refractivity contribution is -0.152. The maximum absolute atomic E-state index is 11.5. The van der Waals surface area contributed by atoms with Gasteiger partial charge >= 0.3 is 5.97 Å². The molecule has 0 aliphatic carbocycles. The molecular weight excluding hydrogens is 238 g/mol. The second-order valence-corrected chi connectivity index (χ2v) is 6.15. The second-order valence-electron chi connectivity index (χ2n) is 6.15. The predicted molar refractivity (Wildman–Crippen MR) is 83.3 cm³/mol. The average Bonchev–Trinajstić information content (AvgIpc) is 2.13. The number of carbonyl (C=O) groups excluding carboxylic acids is 1. The molecule has 1 heterocycles. The van der Waals surface area contributed by atoms with Crippen molar-refractivity contribution in [2.45, 2.75) is 79.5 Å². The van der Waals surface area contributed by atoms with Gasteiger partial charge in [0.25, 0.3) is 0 Å². The van der Waals surface area contributed by atoms with Gasteiger partial charge in [0.1, 0.15) is 6.10 Å². The minimum atomic E-state index is -0.228. The summed E-state index contributed by atoms with van der Waals surface area (Å²) in [5.74, 6) is -0.228. The first-order valence-electron chi connectivity index (χ1n) is 6.26. The van der Waals surface area contributed by atoms with Crippen LogP contribution in [-0.4, -0.2) is 35.1 Å². The molecule has 0 aromatic carbocycles. The zero-order valence-electron chi connectivity index (χ0n) is 11.9. The molecule has 0 amide bonds. The molecule has 19 heavy (non-hydrogen) atoms. The maximum Gasteiger partial charge on any atom is 0.330 e. The topological polar surface area (TPSA) is 29.5 Å². The van der Waals surface area contributed by atoms with Crippen LogP contribution >= 0.6 is 0 Å². The third kappa shape index (κ3) is 4.98. The molecule has 0 aromatic heterocycles. The van der Waals surface area contributed by atoms with Gasteiger partial charge in [-0.05, 0) is 41.7 Å². The van der Waals surface area contributed by atoms with Gasteiger partial charge in [-0.3, -0.25) is 4.90 Å². The Labute approximate surface area is 120 Å². The van der Waals surface area contributed by atoms with Crippen molar-refractivity contribution in [3.8, 4) is 0 Å². The molecule has 0 spiro atoms. The molecule has 0 unspecified atom stereocenters. The Kier molecular flexibility index (Phi) is 7.64. The van der Waals surface area contributed by atoms with E-state index < -0.39 is 0 Å². The van der Waals surface area contributed by atoms with Crippen molar-refractivity contribution in [2.75, 3.05) is 7.05 Å². The molecule has 0 N–H and O–H groups in total. The van der Waals surface area contributed by atoms with Gasteiger partial charge in [-0.2, -0.15) is 0 Å². The molecule has 3 nitrogen and oxygen atoms in total. The first-order chi connectivity index (χ1) is 7.69. The number of hydrogen-bond donors (Lipinski definition) is 0. The fourth-order valence-electron chi connectivity index (χ4n) is 2.70. The van der Waals surface area contributed by atoms with Crippen LogP contribution in [0.25, 0.3) is 0 Å². The van der Waals surface area contributed by atoms with Gasteiger partial charge in [-0.25, -0.2) is 4.79 Å². The molecular formula is C16H33NO2. The lowest BCUT2D eigenvalue weighted by Gasteiger charge is -2.53. The molecule has 3 heteroatoms. The van der Waals surface area contributed by atoms with Gasteiger partial charge < -0.3 is 4.74 Å². The van der Waals surface area contributed by atoms with Crippen LogP contribution in [0, 0.1) is 0 Å². The van der Waals surface area contributed by atoms with E-state index in [1.807, 2.05) is 6.92 Å². The van der Waals surface area contributed by atoms with E-state index >= 15 is 0 Å². The van der Waals surface area contributed by atoms with Crippen LogP contribution in [0.5, 0.6) is 0 Å². The van der Waals surface area contributed by atoms with Crippen LogP contribution in [-0.2, 0) is 9.53 Å². The Balaban J connectivity index is 0. The van der Waals surface area contributed by atoms with Crippen LogP contribution < -0.4 is 0 Å². The van der Waals surface area contributed by atoms with Gasteiger partial charge in [-0.1, -0.05) is 20.9 Å². The Morgan fingerprint density at radius 2 is 1.58 bits per heavy atom. The van der Waals surface area contributed by atoms with Crippen molar-refractivity contribution < 1.29 is 9.53 Å². The fraction of sp³-hybridized carbons (Fsp3) is 0.812. The van der Waals surface area contributed by atoms with Crippen LogP contribution in [0.4, 0.5) is 0 Å². The Morgan fingerprint density at radius 3 is 1.95 bits per heavy atom. The molecule has 0 radical (unpaired) electrons. The normalized spacial score (nSPS) is 22.4. The summed E-state index contributed by atoms with van der Waals surface area (Å²) in [7, 11) is 2.14. The summed E-state index contributed by atoms with van der Waals surface area (Å²) in [6.45, 7) is 10.6. The highest BCUT2D eigenvalue weighted by Gasteiger charge is 2.44. The second kappa shape index (κ2) is 7.09. The summed E-state index contributed by atoms with van der Waals surface area (Å²) in [6, 6.07) is 0. The van der Waals surface area contributed by atoms with E-state index in [2.05, 4.69) is 39.6 Å². The molecule has 1 aliphatic heterocycles. The van der Waals surface area contributed by atoms with Gasteiger partial charge in [-0.15, -0.1) is 0 Å². The lowest BCUT2D eigenvalue weighted by atomic mass is 9.79. The van der Waals surface area contributed by atoms with Crippen LogP contribution in [0.15, 0.2) is 12.2 Å². The number of esters is 1. The molecule has 1 aliphatic rings. The van der Waals surface area contributed by atoms with Crippen molar-refractivity contribution in [3.05, 3.63) is 12.2 Å². The van der Waals surface area contributed by atoms with E-state index in [0.717, 1.165) is 12.8 Å². The highest BCUT2D eigenvalue weighted by molar-refractivity contribution is 5.81. The molecule has 0 bridgehead atoms. The SMILES string of the molecule is C.C.CC=CC(=O)OC1CC(C)(C)N(C)C(C)(C)C1. The van der Waals surface area contributed by atoms with Crippen molar-refractivity contribution in [3.63, 3.8) is 0 Å². The van der Waals surface area contributed by atoms with Crippen molar-refractivity contribution >= 4 is 5.97 Å². The van der Waals surface area contributed by atoms with Crippen LogP contribution in [0.3, 0.4) is 0 Å². The summed E-state index contributed by atoms with van der Waals surface area (Å²) in [4.78, 5) is 13.9. The smallest absolute Gasteiger partial charge is 0.330 e. The van der Waals surface area contributed by atoms with Crippen LogP contribution in [0.1, 0.15) is 62.3 Å². The van der Waals surface area contributed by atoms with E-state index in [1.54, 1.807) is 6.08 Å². The molecule has 1 rings (SSSR count). The van der Waals surface area contributed by atoms with Crippen molar-refractivity contribution in [1.29, 1.82) is 0 Å². The monoisotopic (exact) mass is 271 g/mol. The Morgan fingerprint density at radius 1 is 1.16 bits per heavy atom. The zero-order chi connectivity index (χ0) is 13.3. The summed E-state index contributed by atoms with van der Waals surface area (Å²) < 4.78 is 5.50. The molecule has 1 saturated heterocycles. The standard InChI is InChI=1S/C14H25NO2.2CH4/c1-7-8-12(16)17-11-9-13(2,3)15(6)14(4,5)10-11;;/h7-8,11H,9-10H2,1-6H3;2*1H4.